The first-order chi connectivity index (χ1) is 12.9. The molecule has 8 heteroatoms. The van der Waals surface area contributed by atoms with Crippen molar-refractivity contribution in [1.29, 1.82) is 0 Å². The third kappa shape index (κ3) is 4.40. The summed E-state index contributed by atoms with van der Waals surface area (Å²) in [6.07, 6.45) is 2.79. The van der Waals surface area contributed by atoms with Crippen LogP contribution in [0.1, 0.15) is 41.1 Å². The highest BCUT2D eigenvalue weighted by Crippen LogP contribution is 2.26. The number of hydrogen-bond donors (Lipinski definition) is 1. The second-order valence-corrected chi connectivity index (χ2v) is 8.50. The molecule has 2 aromatic rings. The number of piperidine rings is 1. The number of nitrogens with zero attached hydrogens (tertiary/aromatic N) is 1. The molecule has 27 heavy (non-hydrogen) atoms. The first-order valence-corrected chi connectivity index (χ1v) is 10.4. The van der Waals surface area contributed by atoms with Gasteiger partial charge >= 0.3 is 0 Å². The predicted molar refractivity (Wildman–Crippen MR) is 101 cm³/mol. The minimum atomic E-state index is -3.58. The normalized spacial score (nSPS) is 15.6. The second-order valence-electron chi connectivity index (χ2n) is 6.60. The summed E-state index contributed by atoms with van der Waals surface area (Å²) in [5, 5.41) is 2.70. The van der Waals surface area contributed by atoms with Crippen molar-refractivity contribution in [2.24, 2.45) is 0 Å². The van der Waals surface area contributed by atoms with Crippen molar-refractivity contribution in [2.45, 2.75) is 37.7 Å². The van der Waals surface area contributed by atoms with Crippen molar-refractivity contribution in [3.05, 3.63) is 47.4 Å². The van der Waals surface area contributed by atoms with Crippen LogP contribution < -0.4 is 5.32 Å². The third-order valence-electron chi connectivity index (χ3n) is 4.55. The first kappa shape index (κ1) is 19.6. The van der Waals surface area contributed by atoms with Crippen LogP contribution >= 0.6 is 0 Å². The van der Waals surface area contributed by atoms with E-state index < -0.39 is 15.9 Å². The van der Waals surface area contributed by atoms with Crippen LogP contribution in [-0.4, -0.2) is 38.8 Å². The summed E-state index contributed by atoms with van der Waals surface area (Å²) in [4.78, 5) is 12.6. The van der Waals surface area contributed by atoms with E-state index in [1.54, 1.807) is 38.3 Å². The van der Waals surface area contributed by atoms with E-state index in [-0.39, 0.29) is 17.3 Å². The number of methoxy groups -OCH3 is 1. The summed E-state index contributed by atoms with van der Waals surface area (Å²) in [6, 6.07) is 8.12. The van der Waals surface area contributed by atoms with Gasteiger partial charge in [-0.3, -0.25) is 4.79 Å². The first-order valence-electron chi connectivity index (χ1n) is 8.91. The Morgan fingerprint density at radius 2 is 1.93 bits per heavy atom. The zero-order valence-corrected chi connectivity index (χ0v) is 16.3. The van der Waals surface area contributed by atoms with Crippen LogP contribution in [0.3, 0.4) is 0 Å². The van der Waals surface area contributed by atoms with Gasteiger partial charge in [0, 0.05) is 25.9 Å². The lowest BCUT2D eigenvalue weighted by atomic mass is 10.2. The summed E-state index contributed by atoms with van der Waals surface area (Å²) in [7, 11) is -2.04. The quantitative estimate of drug-likeness (QED) is 0.816. The van der Waals surface area contributed by atoms with Crippen LogP contribution in [0.4, 0.5) is 5.69 Å². The highest BCUT2D eigenvalue weighted by molar-refractivity contribution is 7.89. The SMILES string of the molecule is COCc1ccc(C(=O)Nc2ccc(C)c(S(=O)(=O)N3CCCCC3)c2)o1. The number of ether oxygens (including phenoxy) is 1. The maximum absolute atomic E-state index is 13.0. The molecule has 1 N–H and O–H groups in total. The lowest BCUT2D eigenvalue weighted by Gasteiger charge is -2.26. The molecule has 1 aliphatic rings. The number of sulfonamides is 1. The number of hydrogen-bond acceptors (Lipinski definition) is 5. The summed E-state index contributed by atoms with van der Waals surface area (Å²) in [5.41, 5.74) is 1.06. The summed E-state index contributed by atoms with van der Waals surface area (Å²) < 4.78 is 37.8. The fraction of sp³-hybridized carbons (Fsp3) is 0.421. The molecular weight excluding hydrogens is 368 g/mol. The van der Waals surface area contributed by atoms with Crippen LogP contribution in [0.25, 0.3) is 0 Å². The fourth-order valence-electron chi connectivity index (χ4n) is 3.11. The molecule has 0 spiro atoms. The van der Waals surface area contributed by atoms with Gasteiger partial charge in [0.1, 0.15) is 12.4 Å². The van der Waals surface area contributed by atoms with Crippen molar-refractivity contribution in [2.75, 3.05) is 25.5 Å². The Morgan fingerprint density at radius 1 is 1.19 bits per heavy atom. The molecule has 1 fully saturated rings. The summed E-state index contributed by atoms with van der Waals surface area (Å²) in [6.45, 7) is 3.10. The third-order valence-corrected chi connectivity index (χ3v) is 6.59. The van der Waals surface area contributed by atoms with E-state index in [9.17, 15) is 13.2 Å². The van der Waals surface area contributed by atoms with Gasteiger partial charge in [0.2, 0.25) is 10.0 Å². The molecule has 1 aromatic heterocycles. The molecule has 0 aliphatic carbocycles. The molecule has 0 atom stereocenters. The number of nitrogens with one attached hydrogen (secondary N) is 1. The maximum atomic E-state index is 13.0. The standard InChI is InChI=1S/C19H24N2O5S/c1-14-6-7-15(20-19(22)17-9-8-16(26-17)13-25-2)12-18(14)27(23,24)21-10-4-3-5-11-21/h6-9,12H,3-5,10-11,13H2,1-2H3,(H,20,22). The Bertz CT molecular complexity index is 914. The van der Waals surface area contributed by atoms with E-state index in [0.717, 1.165) is 19.3 Å². The predicted octanol–water partition coefficient (Wildman–Crippen LogP) is 3.16. The molecule has 1 saturated heterocycles. The average molecular weight is 392 g/mol. The minimum Gasteiger partial charge on any atom is -0.453 e. The number of anilines is 1. The number of carbonyl (C=O) groups excluding carboxylic acids is 1. The van der Waals surface area contributed by atoms with Crippen LogP contribution in [0.15, 0.2) is 39.6 Å². The molecule has 146 valence electrons. The minimum absolute atomic E-state index is 0.142. The van der Waals surface area contributed by atoms with Crippen LogP contribution in [0.2, 0.25) is 0 Å². The van der Waals surface area contributed by atoms with Crippen molar-refractivity contribution in [3.63, 3.8) is 0 Å². The number of benzene rings is 1. The average Bonchev–Trinajstić information content (AvgIpc) is 3.13. The molecule has 1 aromatic carbocycles. The Kier molecular flexibility index (Phi) is 5.98. The summed E-state index contributed by atoms with van der Waals surface area (Å²) in [5.74, 6) is 0.241. The number of furan rings is 1. The zero-order valence-electron chi connectivity index (χ0n) is 15.5. The van der Waals surface area contributed by atoms with Gasteiger partial charge in [-0.25, -0.2) is 8.42 Å². The number of amides is 1. The van der Waals surface area contributed by atoms with Gasteiger partial charge in [-0.15, -0.1) is 0 Å². The molecule has 1 amide bonds. The van der Waals surface area contributed by atoms with Crippen molar-refractivity contribution in [3.8, 4) is 0 Å². The van der Waals surface area contributed by atoms with Gasteiger partial charge in [-0.2, -0.15) is 4.31 Å². The largest absolute Gasteiger partial charge is 0.453 e. The smallest absolute Gasteiger partial charge is 0.291 e. The van der Waals surface area contributed by atoms with E-state index in [1.807, 2.05) is 0 Å². The highest BCUT2D eigenvalue weighted by Gasteiger charge is 2.27. The Morgan fingerprint density at radius 3 is 2.63 bits per heavy atom. The Balaban J connectivity index is 1.81. The monoisotopic (exact) mass is 392 g/mol. The van der Waals surface area contributed by atoms with Gasteiger partial charge in [-0.05, 0) is 49.6 Å². The van der Waals surface area contributed by atoms with Crippen LogP contribution in [0, 0.1) is 6.92 Å². The fourth-order valence-corrected chi connectivity index (χ4v) is 4.88. The van der Waals surface area contributed by atoms with Crippen molar-refractivity contribution in [1.82, 2.24) is 4.31 Å². The van der Waals surface area contributed by atoms with Gasteiger partial charge in [0.25, 0.3) is 5.91 Å². The Labute approximate surface area is 159 Å². The van der Waals surface area contributed by atoms with E-state index >= 15 is 0 Å². The highest BCUT2D eigenvalue weighted by atomic mass is 32.2. The van der Waals surface area contributed by atoms with Crippen LogP contribution in [-0.2, 0) is 21.4 Å². The van der Waals surface area contributed by atoms with Gasteiger partial charge in [0.05, 0.1) is 4.90 Å². The Hall–Kier alpha value is -2.16. The number of rotatable bonds is 6. The summed E-state index contributed by atoms with van der Waals surface area (Å²) >= 11 is 0. The van der Waals surface area contributed by atoms with Gasteiger partial charge in [-0.1, -0.05) is 12.5 Å². The van der Waals surface area contributed by atoms with E-state index in [4.69, 9.17) is 9.15 Å². The van der Waals surface area contributed by atoms with E-state index in [1.165, 1.54) is 10.4 Å². The molecular formula is C19H24N2O5S. The van der Waals surface area contributed by atoms with Crippen molar-refractivity contribution >= 4 is 21.6 Å². The zero-order chi connectivity index (χ0) is 19.4. The number of aryl methyl sites for hydroxylation is 1. The molecule has 0 unspecified atom stereocenters. The van der Waals surface area contributed by atoms with E-state index in [0.29, 0.717) is 30.1 Å². The van der Waals surface area contributed by atoms with Crippen molar-refractivity contribution < 1.29 is 22.4 Å². The molecule has 2 heterocycles. The maximum Gasteiger partial charge on any atom is 0.291 e. The van der Waals surface area contributed by atoms with Gasteiger partial charge in [0.15, 0.2) is 5.76 Å². The topological polar surface area (TPSA) is 88.8 Å². The molecule has 0 bridgehead atoms. The van der Waals surface area contributed by atoms with Gasteiger partial charge < -0.3 is 14.5 Å². The second kappa shape index (κ2) is 8.24. The van der Waals surface area contributed by atoms with Crippen LogP contribution in [0.5, 0.6) is 0 Å². The molecule has 1 aliphatic heterocycles. The molecule has 3 rings (SSSR count). The lowest BCUT2D eigenvalue weighted by molar-refractivity contribution is 0.0987. The van der Waals surface area contributed by atoms with E-state index in [2.05, 4.69) is 5.32 Å². The number of carbonyl (C=O) groups is 1. The molecule has 0 saturated carbocycles. The molecule has 0 radical (unpaired) electrons. The lowest BCUT2D eigenvalue weighted by Crippen LogP contribution is -2.36. The molecule has 7 nitrogen and oxygen atoms in total.